The molecule has 1 saturated heterocycles. The van der Waals surface area contributed by atoms with Crippen LogP contribution in [0.5, 0.6) is 0 Å². The van der Waals surface area contributed by atoms with E-state index in [1.54, 1.807) is 0 Å². The summed E-state index contributed by atoms with van der Waals surface area (Å²) >= 11 is 0. The third-order valence-electron chi connectivity index (χ3n) is 3.15. The van der Waals surface area contributed by atoms with E-state index in [9.17, 15) is 4.79 Å². The van der Waals surface area contributed by atoms with Crippen LogP contribution in [0.2, 0.25) is 0 Å². The summed E-state index contributed by atoms with van der Waals surface area (Å²) in [6.07, 6.45) is 0.375. The number of anilines is 1. The second kappa shape index (κ2) is 6.68. The van der Waals surface area contributed by atoms with Crippen molar-refractivity contribution in [2.75, 3.05) is 18.5 Å². The Hall–Kier alpha value is -1.65. The molecule has 0 aromatic heterocycles. The van der Waals surface area contributed by atoms with Crippen LogP contribution in [-0.4, -0.2) is 19.1 Å². The Morgan fingerprint density at radius 2 is 2.15 bits per heavy atom. The van der Waals surface area contributed by atoms with Crippen LogP contribution in [0.1, 0.15) is 32.1 Å². The van der Waals surface area contributed by atoms with Gasteiger partial charge in [-0.25, -0.2) is 0 Å². The summed E-state index contributed by atoms with van der Waals surface area (Å²) in [6.45, 7) is 8.88. The Bertz CT molecular complexity index is 492. The minimum atomic E-state index is -0.320. The molecule has 0 radical (unpaired) electrons. The first kappa shape index (κ1) is 14.8. The van der Waals surface area contributed by atoms with Crippen LogP contribution < -0.4 is 5.32 Å². The fraction of sp³-hybridized carbons (Fsp3) is 0.438. The maximum Gasteiger partial charge on any atom is 0.227 e. The van der Waals surface area contributed by atoms with E-state index in [1.807, 2.05) is 38.1 Å². The molecule has 1 aromatic rings. The summed E-state index contributed by atoms with van der Waals surface area (Å²) < 4.78 is 10.9. The number of carbonyl (C=O) groups is 1. The van der Waals surface area contributed by atoms with Crippen molar-refractivity contribution in [1.29, 1.82) is 0 Å². The van der Waals surface area contributed by atoms with Crippen molar-refractivity contribution >= 4 is 11.6 Å². The normalized spacial score (nSPS) is 16.9. The predicted molar refractivity (Wildman–Crippen MR) is 78.3 cm³/mol. The molecule has 1 aliphatic heterocycles. The summed E-state index contributed by atoms with van der Waals surface area (Å²) in [5, 5.41) is 2.92. The second-order valence-electron chi connectivity index (χ2n) is 5.25. The van der Waals surface area contributed by atoms with E-state index >= 15 is 0 Å². The van der Waals surface area contributed by atoms with Crippen molar-refractivity contribution in [1.82, 2.24) is 0 Å². The lowest BCUT2D eigenvalue weighted by molar-refractivity contribution is -0.119. The van der Waals surface area contributed by atoms with Gasteiger partial charge in [-0.1, -0.05) is 24.6 Å². The van der Waals surface area contributed by atoms with Gasteiger partial charge in [-0.15, -0.1) is 6.58 Å². The van der Waals surface area contributed by atoms with Gasteiger partial charge in [0.15, 0.2) is 6.29 Å². The first-order chi connectivity index (χ1) is 9.56. The smallest absolute Gasteiger partial charge is 0.227 e. The highest BCUT2D eigenvalue weighted by molar-refractivity contribution is 5.92. The number of hydrogen-bond donors (Lipinski definition) is 1. The van der Waals surface area contributed by atoms with Gasteiger partial charge < -0.3 is 14.8 Å². The number of ether oxygens (including phenoxy) is 2. The maximum atomic E-state index is 12.1. The Morgan fingerprint density at radius 1 is 1.45 bits per heavy atom. The monoisotopic (exact) mass is 275 g/mol. The van der Waals surface area contributed by atoms with Gasteiger partial charge in [0.25, 0.3) is 0 Å². The molecule has 2 rings (SSSR count). The van der Waals surface area contributed by atoms with E-state index in [4.69, 9.17) is 9.47 Å². The van der Waals surface area contributed by atoms with Crippen LogP contribution in [0.3, 0.4) is 0 Å². The third-order valence-corrected chi connectivity index (χ3v) is 3.15. The second-order valence-corrected chi connectivity index (χ2v) is 5.25. The molecular weight excluding hydrogens is 254 g/mol. The zero-order chi connectivity index (χ0) is 14.5. The molecule has 1 fully saturated rings. The van der Waals surface area contributed by atoms with E-state index < -0.39 is 0 Å². The number of benzene rings is 1. The van der Waals surface area contributed by atoms with Crippen LogP contribution in [-0.2, 0) is 14.3 Å². The summed E-state index contributed by atoms with van der Waals surface area (Å²) in [5.74, 6) is -0.0893. The molecule has 108 valence electrons. The summed E-state index contributed by atoms with van der Waals surface area (Å²) in [5.41, 5.74) is 2.70. The van der Waals surface area contributed by atoms with Crippen LogP contribution in [0.25, 0.3) is 0 Å². The van der Waals surface area contributed by atoms with E-state index in [0.717, 1.165) is 16.8 Å². The van der Waals surface area contributed by atoms with Crippen LogP contribution in [0.15, 0.2) is 36.4 Å². The molecule has 0 unspecified atom stereocenters. The molecule has 1 N–H and O–H groups in total. The molecule has 4 nitrogen and oxygen atoms in total. The number of rotatable bonds is 5. The van der Waals surface area contributed by atoms with Crippen molar-refractivity contribution in [3.8, 4) is 0 Å². The van der Waals surface area contributed by atoms with Crippen molar-refractivity contribution in [3.05, 3.63) is 42.0 Å². The van der Waals surface area contributed by atoms with Gasteiger partial charge in [0.05, 0.1) is 13.2 Å². The zero-order valence-corrected chi connectivity index (χ0v) is 12.0. The quantitative estimate of drug-likeness (QED) is 0.839. The van der Waals surface area contributed by atoms with Crippen molar-refractivity contribution in [2.24, 2.45) is 5.92 Å². The molecule has 0 spiro atoms. The lowest BCUT2D eigenvalue weighted by Crippen LogP contribution is -2.20. The first-order valence-corrected chi connectivity index (χ1v) is 6.84. The highest BCUT2D eigenvalue weighted by Crippen LogP contribution is 2.25. The van der Waals surface area contributed by atoms with E-state index in [2.05, 4.69) is 11.9 Å². The number of hydrogen-bond acceptors (Lipinski definition) is 3. The van der Waals surface area contributed by atoms with Gasteiger partial charge in [0, 0.05) is 17.2 Å². The standard InChI is InChI=1S/C16H21NO3/c1-11(2)9-12(3)15(18)17-14-6-4-5-13(10-14)16-19-7-8-20-16/h4-6,10,12,16H,1,7-9H2,2-3H3,(H,17,18)/t12-/m1/s1. The molecule has 1 heterocycles. The Labute approximate surface area is 119 Å². The van der Waals surface area contributed by atoms with Gasteiger partial charge in [-0.05, 0) is 25.5 Å². The van der Waals surface area contributed by atoms with Crippen molar-refractivity contribution in [3.63, 3.8) is 0 Å². The molecule has 1 amide bonds. The lowest BCUT2D eigenvalue weighted by Gasteiger charge is -2.14. The van der Waals surface area contributed by atoms with Gasteiger partial charge in [-0.2, -0.15) is 0 Å². The van der Waals surface area contributed by atoms with Crippen LogP contribution in [0.4, 0.5) is 5.69 Å². The number of allylic oxidation sites excluding steroid dienone is 1. The molecule has 4 heteroatoms. The highest BCUT2D eigenvalue weighted by Gasteiger charge is 2.19. The van der Waals surface area contributed by atoms with Crippen molar-refractivity contribution in [2.45, 2.75) is 26.6 Å². The van der Waals surface area contributed by atoms with Gasteiger partial charge in [0.2, 0.25) is 5.91 Å². The van der Waals surface area contributed by atoms with Crippen LogP contribution >= 0.6 is 0 Å². The van der Waals surface area contributed by atoms with E-state index in [-0.39, 0.29) is 18.1 Å². The Kier molecular flexibility index (Phi) is 4.93. The molecule has 0 saturated carbocycles. The van der Waals surface area contributed by atoms with Crippen molar-refractivity contribution < 1.29 is 14.3 Å². The topological polar surface area (TPSA) is 47.6 Å². The van der Waals surface area contributed by atoms with Gasteiger partial charge >= 0.3 is 0 Å². The SMILES string of the molecule is C=C(C)C[C@@H](C)C(=O)Nc1cccc(C2OCCO2)c1. The minimum absolute atomic E-state index is 0.00147. The zero-order valence-electron chi connectivity index (χ0n) is 12.0. The number of carbonyl (C=O) groups excluding carboxylic acids is 1. The first-order valence-electron chi connectivity index (χ1n) is 6.84. The maximum absolute atomic E-state index is 12.1. The number of amides is 1. The molecule has 1 atom stereocenters. The molecule has 1 aliphatic rings. The Morgan fingerprint density at radius 3 is 2.80 bits per heavy atom. The summed E-state index contributed by atoms with van der Waals surface area (Å²) in [4.78, 5) is 12.1. The average molecular weight is 275 g/mol. The molecule has 0 aliphatic carbocycles. The Balaban J connectivity index is 2.00. The van der Waals surface area contributed by atoms with E-state index in [1.165, 1.54) is 0 Å². The van der Waals surface area contributed by atoms with E-state index in [0.29, 0.717) is 19.6 Å². The summed E-state index contributed by atoms with van der Waals surface area (Å²) in [7, 11) is 0. The van der Waals surface area contributed by atoms with Gasteiger partial charge in [0.1, 0.15) is 0 Å². The predicted octanol–water partition coefficient (Wildman–Crippen LogP) is 3.27. The molecule has 20 heavy (non-hydrogen) atoms. The largest absolute Gasteiger partial charge is 0.346 e. The summed E-state index contributed by atoms with van der Waals surface area (Å²) in [6, 6.07) is 7.58. The highest BCUT2D eigenvalue weighted by atomic mass is 16.7. The van der Waals surface area contributed by atoms with Crippen LogP contribution in [0, 0.1) is 5.92 Å². The molecular formula is C16H21NO3. The molecule has 0 bridgehead atoms. The lowest BCUT2D eigenvalue weighted by atomic mass is 10.0. The fourth-order valence-electron chi connectivity index (χ4n) is 2.19. The molecule has 1 aromatic carbocycles. The minimum Gasteiger partial charge on any atom is -0.346 e. The number of nitrogens with one attached hydrogen (secondary N) is 1. The average Bonchev–Trinajstić information content (AvgIpc) is 2.92. The third kappa shape index (κ3) is 3.92. The van der Waals surface area contributed by atoms with Gasteiger partial charge in [-0.3, -0.25) is 4.79 Å². The fourth-order valence-corrected chi connectivity index (χ4v) is 2.19.